The summed E-state index contributed by atoms with van der Waals surface area (Å²) in [6.45, 7) is 0.395. The monoisotopic (exact) mass is 410 g/mol. The summed E-state index contributed by atoms with van der Waals surface area (Å²) >= 11 is 11.6. The summed E-state index contributed by atoms with van der Waals surface area (Å²) in [5.41, 5.74) is 1.19. The number of carbonyl (C=O) groups excluding carboxylic acids is 2. The van der Waals surface area contributed by atoms with Crippen molar-refractivity contribution in [1.29, 1.82) is 0 Å². The molecule has 4 amide bonds. The molecule has 0 aliphatic carbocycles. The number of hydrogen-bond acceptors (Lipinski definition) is 3. The summed E-state index contributed by atoms with van der Waals surface area (Å²) in [6, 6.07) is 12.6. The maximum atomic E-state index is 12.3. The van der Waals surface area contributed by atoms with Gasteiger partial charge in [0.25, 0.3) is 0 Å². The number of hydrogen-bond donors (Lipinski definition) is 4. The fraction of sp³-hybridized carbons (Fsp3) is 0.222. The third-order valence-electron chi connectivity index (χ3n) is 3.52. The molecule has 0 atom stereocenters. The van der Waals surface area contributed by atoms with E-state index in [1.54, 1.807) is 48.5 Å². The van der Waals surface area contributed by atoms with Crippen molar-refractivity contribution in [1.82, 2.24) is 10.2 Å². The molecule has 144 valence electrons. The SMILES string of the molecule is O=C(NCCN(CCO)C(=O)Nc1ccc(Cl)cc1)Nc1ccc(Cl)cc1. The fourth-order valence-electron chi connectivity index (χ4n) is 2.18. The van der Waals surface area contributed by atoms with Gasteiger partial charge in [0.2, 0.25) is 0 Å². The van der Waals surface area contributed by atoms with Gasteiger partial charge in [-0.05, 0) is 48.5 Å². The smallest absolute Gasteiger partial charge is 0.321 e. The number of urea groups is 2. The van der Waals surface area contributed by atoms with E-state index in [1.807, 2.05) is 0 Å². The summed E-state index contributed by atoms with van der Waals surface area (Å²) < 4.78 is 0. The molecule has 0 spiro atoms. The second kappa shape index (κ2) is 10.6. The maximum Gasteiger partial charge on any atom is 0.321 e. The highest BCUT2D eigenvalue weighted by molar-refractivity contribution is 6.30. The molecular formula is C18H20Cl2N4O3. The molecule has 27 heavy (non-hydrogen) atoms. The predicted octanol–water partition coefficient (Wildman–Crippen LogP) is 3.64. The van der Waals surface area contributed by atoms with Crippen molar-refractivity contribution >= 4 is 46.6 Å². The average Bonchev–Trinajstić information content (AvgIpc) is 2.65. The quantitative estimate of drug-likeness (QED) is 0.561. The van der Waals surface area contributed by atoms with Crippen molar-refractivity contribution in [3.63, 3.8) is 0 Å². The third kappa shape index (κ3) is 7.34. The van der Waals surface area contributed by atoms with E-state index < -0.39 is 6.03 Å². The minimum absolute atomic E-state index is 0.139. The number of aliphatic hydroxyl groups excluding tert-OH is 1. The normalized spacial score (nSPS) is 10.2. The molecular weight excluding hydrogens is 391 g/mol. The topological polar surface area (TPSA) is 93.7 Å². The molecule has 0 radical (unpaired) electrons. The third-order valence-corrected chi connectivity index (χ3v) is 4.03. The van der Waals surface area contributed by atoms with Crippen LogP contribution in [-0.2, 0) is 0 Å². The molecule has 0 saturated heterocycles. The van der Waals surface area contributed by atoms with Crippen molar-refractivity contribution < 1.29 is 14.7 Å². The molecule has 0 aliphatic heterocycles. The number of amides is 4. The lowest BCUT2D eigenvalue weighted by molar-refractivity contribution is 0.188. The second-order valence-corrected chi connectivity index (χ2v) is 6.41. The van der Waals surface area contributed by atoms with Crippen LogP contribution in [0, 0.1) is 0 Å². The van der Waals surface area contributed by atoms with Gasteiger partial charge in [0.05, 0.1) is 6.61 Å². The average molecular weight is 411 g/mol. The van der Waals surface area contributed by atoms with Gasteiger partial charge in [0.15, 0.2) is 0 Å². The van der Waals surface area contributed by atoms with E-state index in [9.17, 15) is 9.59 Å². The van der Waals surface area contributed by atoms with Gasteiger partial charge in [-0.2, -0.15) is 0 Å². The summed E-state index contributed by atoms with van der Waals surface area (Å²) in [7, 11) is 0. The van der Waals surface area contributed by atoms with Crippen LogP contribution in [0.15, 0.2) is 48.5 Å². The lowest BCUT2D eigenvalue weighted by Gasteiger charge is -2.22. The molecule has 2 aromatic carbocycles. The first-order valence-corrected chi connectivity index (χ1v) is 8.96. The lowest BCUT2D eigenvalue weighted by Crippen LogP contribution is -2.43. The van der Waals surface area contributed by atoms with E-state index in [1.165, 1.54) is 4.90 Å². The molecule has 0 unspecified atom stereocenters. The molecule has 0 saturated carbocycles. The number of nitrogens with one attached hydrogen (secondary N) is 3. The van der Waals surface area contributed by atoms with Gasteiger partial charge in [-0.25, -0.2) is 9.59 Å². The number of nitrogens with zero attached hydrogens (tertiary/aromatic N) is 1. The van der Waals surface area contributed by atoms with Crippen molar-refractivity contribution in [3.8, 4) is 0 Å². The van der Waals surface area contributed by atoms with Crippen LogP contribution in [0.1, 0.15) is 0 Å². The molecule has 0 aliphatic rings. The van der Waals surface area contributed by atoms with E-state index in [4.69, 9.17) is 28.3 Å². The molecule has 0 heterocycles. The minimum atomic E-state index is -0.403. The van der Waals surface area contributed by atoms with Gasteiger partial charge in [0, 0.05) is 41.1 Å². The number of rotatable bonds is 7. The maximum absolute atomic E-state index is 12.3. The van der Waals surface area contributed by atoms with E-state index >= 15 is 0 Å². The van der Waals surface area contributed by atoms with Crippen molar-refractivity contribution in [2.45, 2.75) is 0 Å². The Morgan fingerprint density at radius 1 is 0.852 bits per heavy atom. The first-order chi connectivity index (χ1) is 13.0. The Hall–Kier alpha value is -2.48. The summed E-state index contributed by atoms with van der Waals surface area (Å²) in [6.07, 6.45) is 0. The molecule has 0 aromatic heterocycles. The Balaban J connectivity index is 1.80. The molecule has 4 N–H and O–H groups in total. The molecule has 0 fully saturated rings. The van der Waals surface area contributed by atoms with Gasteiger partial charge < -0.3 is 26.0 Å². The molecule has 0 bridgehead atoms. The zero-order chi connectivity index (χ0) is 19.6. The van der Waals surface area contributed by atoms with Crippen LogP contribution in [0.2, 0.25) is 10.0 Å². The van der Waals surface area contributed by atoms with Gasteiger partial charge in [0.1, 0.15) is 0 Å². The predicted molar refractivity (Wildman–Crippen MR) is 108 cm³/mol. The fourth-order valence-corrected chi connectivity index (χ4v) is 2.44. The number of halogens is 2. The number of anilines is 2. The summed E-state index contributed by atoms with van der Waals surface area (Å²) in [4.78, 5) is 25.6. The molecule has 9 heteroatoms. The first-order valence-electron chi connectivity index (χ1n) is 8.20. The van der Waals surface area contributed by atoms with Crippen LogP contribution in [0.3, 0.4) is 0 Å². The van der Waals surface area contributed by atoms with E-state index in [-0.39, 0.29) is 32.3 Å². The minimum Gasteiger partial charge on any atom is -0.395 e. The van der Waals surface area contributed by atoms with Crippen LogP contribution in [0.5, 0.6) is 0 Å². The highest BCUT2D eigenvalue weighted by Crippen LogP contribution is 2.14. The van der Waals surface area contributed by atoms with Crippen LogP contribution in [0.25, 0.3) is 0 Å². The number of aliphatic hydroxyl groups is 1. The van der Waals surface area contributed by atoms with E-state index in [0.717, 1.165) is 0 Å². The number of carbonyl (C=O) groups is 2. The zero-order valence-corrected chi connectivity index (χ0v) is 15.9. The molecule has 2 rings (SSSR count). The first kappa shape index (κ1) is 20.8. The highest BCUT2D eigenvalue weighted by atomic mass is 35.5. The standard InChI is InChI=1S/C18H20Cl2N4O3/c19-13-1-5-15(6-2-13)22-17(26)21-9-10-24(11-12-25)18(27)23-16-7-3-14(20)4-8-16/h1-8,25H,9-12H2,(H,23,27)(H2,21,22,26). The van der Waals surface area contributed by atoms with Gasteiger partial charge in [-0.15, -0.1) is 0 Å². The van der Waals surface area contributed by atoms with Gasteiger partial charge in [-0.1, -0.05) is 23.2 Å². The lowest BCUT2D eigenvalue weighted by atomic mass is 10.3. The largest absolute Gasteiger partial charge is 0.395 e. The van der Waals surface area contributed by atoms with Crippen molar-refractivity contribution in [2.75, 3.05) is 36.9 Å². The van der Waals surface area contributed by atoms with E-state index in [0.29, 0.717) is 21.4 Å². The van der Waals surface area contributed by atoms with Crippen molar-refractivity contribution in [2.24, 2.45) is 0 Å². The summed E-state index contributed by atoms with van der Waals surface area (Å²) in [5.74, 6) is 0. The van der Waals surface area contributed by atoms with Crippen LogP contribution < -0.4 is 16.0 Å². The Morgan fingerprint density at radius 3 is 1.89 bits per heavy atom. The Morgan fingerprint density at radius 2 is 1.37 bits per heavy atom. The highest BCUT2D eigenvalue weighted by Gasteiger charge is 2.13. The Labute approximate surface area is 167 Å². The van der Waals surface area contributed by atoms with Crippen LogP contribution in [0.4, 0.5) is 21.0 Å². The van der Waals surface area contributed by atoms with Gasteiger partial charge in [-0.3, -0.25) is 0 Å². The van der Waals surface area contributed by atoms with Crippen molar-refractivity contribution in [3.05, 3.63) is 58.6 Å². The van der Waals surface area contributed by atoms with Crippen LogP contribution in [-0.4, -0.2) is 48.3 Å². The number of benzene rings is 2. The Bertz CT molecular complexity index is 754. The van der Waals surface area contributed by atoms with E-state index in [2.05, 4.69) is 16.0 Å². The zero-order valence-electron chi connectivity index (χ0n) is 14.4. The second-order valence-electron chi connectivity index (χ2n) is 5.54. The summed E-state index contributed by atoms with van der Waals surface area (Å²) in [5, 5.41) is 18.3. The van der Waals surface area contributed by atoms with Crippen LogP contribution >= 0.6 is 23.2 Å². The van der Waals surface area contributed by atoms with Gasteiger partial charge >= 0.3 is 12.1 Å². The molecule has 7 nitrogen and oxygen atoms in total. The Kier molecular flexibility index (Phi) is 8.19. The molecule has 2 aromatic rings.